The van der Waals surface area contributed by atoms with E-state index in [0.717, 1.165) is 18.7 Å². The molecule has 0 saturated heterocycles. The second-order valence-electron chi connectivity index (χ2n) is 5.02. The maximum absolute atomic E-state index is 6.23. The Hall–Kier alpha value is -0.0800. The van der Waals surface area contributed by atoms with Crippen molar-refractivity contribution in [1.29, 1.82) is 0 Å². The van der Waals surface area contributed by atoms with Gasteiger partial charge in [-0.1, -0.05) is 26.7 Å². The molecule has 0 aliphatic carbocycles. The van der Waals surface area contributed by atoms with Crippen molar-refractivity contribution in [3.63, 3.8) is 0 Å². The third-order valence-corrected chi connectivity index (χ3v) is 5.33. The Morgan fingerprint density at radius 1 is 1.29 bits per heavy atom. The number of unbranched alkanes of at least 4 members (excludes halogenated alkanes) is 1. The molecule has 1 atom stereocenters. The fraction of sp³-hybridized carbons (Fsp3) is 0.786. The fourth-order valence-electron chi connectivity index (χ4n) is 2.09. The number of halogens is 1. The minimum Gasteiger partial charge on any atom is -0.246 e. The van der Waals surface area contributed by atoms with E-state index in [0.29, 0.717) is 0 Å². The van der Waals surface area contributed by atoms with E-state index in [1.54, 1.807) is 0 Å². The molecule has 0 aliphatic heterocycles. The maximum Gasteiger partial charge on any atom is 0.0936 e. The van der Waals surface area contributed by atoms with Crippen LogP contribution >= 0.6 is 22.9 Å². The highest BCUT2D eigenvalue weighted by Crippen LogP contribution is 2.35. The molecule has 0 N–H and O–H groups in total. The minimum atomic E-state index is 0.258. The van der Waals surface area contributed by atoms with Gasteiger partial charge in [-0.3, -0.25) is 0 Å². The summed E-state index contributed by atoms with van der Waals surface area (Å²) in [5.74, 6) is 0.751. The number of rotatable bonds is 7. The highest BCUT2D eigenvalue weighted by atomic mass is 35.5. The normalized spacial score (nSPS) is 14.9. The molecule has 1 nitrogen and oxygen atoms in total. The van der Waals surface area contributed by atoms with Gasteiger partial charge in [0.25, 0.3) is 0 Å². The van der Waals surface area contributed by atoms with Crippen LogP contribution < -0.4 is 0 Å². The van der Waals surface area contributed by atoms with Gasteiger partial charge in [-0.05, 0) is 32.1 Å². The molecule has 0 bridgehead atoms. The second kappa shape index (κ2) is 6.75. The Labute approximate surface area is 115 Å². The summed E-state index contributed by atoms with van der Waals surface area (Å²) >= 11 is 8.07. The number of hydrogen-bond donors (Lipinski definition) is 0. The molecule has 0 radical (unpaired) electrons. The molecule has 1 aromatic rings. The maximum atomic E-state index is 6.23. The van der Waals surface area contributed by atoms with E-state index >= 15 is 0 Å². The Kier molecular flexibility index (Phi) is 5.94. The van der Waals surface area contributed by atoms with Gasteiger partial charge in [0.05, 0.1) is 10.7 Å². The standard InChI is InChI=1S/C14H24ClNS/c1-5-7-8-14(6-2,10-15)9-13-16-11(3)12(4)17-13/h5-10H2,1-4H3. The zero-order valence-corrected chi connectivity index (χ0v) is 13.0. The number of hydrogen-bond acceptors (Lipinski definition) is 2. The van der Waals surface area contributed by atoms with Crippen LogP contribution in [0.15, 0.2) is 0 Å². The summed E-state index contributed by atoms with van der Waals surface area (Å²) in [6.07, 6.45) is 5.93. The molecule has 1 rings (SSSR count). The zero-order chi connectivity index (χ0) is 12.9. The molecule has 1 aromatic heterocycles. The summed E-state index contributed by atoms with van der Waals surface area (Å²) in [4.78, 5) is 6.00. The van der Waals surface area contributed by atoms with Gasteiger partial charge in [-0.25, -0.2) is 4.98 Å². The quantitative estimate of drug-likeness (QED) is 0.628. The molecule has 1 heterocycles. The van der Waals surface area contributed by atoms with Crippen molar-refractivity contribution >= 4 is 22.9 Å². The Balaban J connectivity index is 2.78. The van der Waals surface area contributed by atoms with Crippen molar-refractivity contribution in [1.82, 2.24) is 4.98 Å². The van der Waals surface area contributed by atoms with Crippen molar-refractivity contribution < 1.29 is 0 Å². The van der Waals surface area contributed by atoms with Crippen molar-refractivity contribution in [3.8, 4) is 0 Å². The van der Waals surface area contributed by atoms with Gasteiger partial charge in [0.2, 0.25) is 0 Å². The van der Waals surface area contributed by atoms with Crippen LogP contribution in [0.1, 0.15) is 55.1 Å². The lowest BCUT2D eigenvalue weighted by Gasteiger charge is -2.29. The predicted octanol–water partition coefficient (Wildman–Crippen LogP) is 5.13. The van der Waals surface area contributed by atoms with Gasteiger partial charge in [0.1, 0.15) is 0 Å². The molecule has 0 saturated carbocycles. The lowest BCUT2D eigenvalue weighted by atomic mass is 9.79. The summed E-state index contributed by atoms with van der Waals surface area (Å²) in [6, 6.07) is 0. The summed E-state index contributed by atoms with van der Waals surface area (Å²) in [6.45, 7) is 8.74. The summed E-state index contributed by atoms with van der Waals surface area (Å²) in [5.41, 5.74) is 1.44. The van der Waals surface area contributed by atoms with Crippen LogP contribution in [0, 0.1) is 19.3 Å². The van der Waals surface area contributed by atoms with E-state index < -0.39 is 0 Å². The first-order valence-electron chi connectivity index (χ1n) is 6.55. The monoisotopic (exact) mass is 273 g/mol. The average molecular weight is 274 g/mol. The van der Waals surface area contributed by atoms with Gasteiger partial charge in [0.15, 0.2) is 0 Å². The van der Waals surface area contributed by atoms with E-state index in [2.05, 4.69) is 32.7 Å². The fourth-order valence-corrected chi connectivity index (χ4v) is 3.61. The molecule has 98 valence electrons. The Morgan fingerprint density at radius 3 is 2.41 bits per heavy atom. The van der Waals surface area contributed by atoms with Crippen molar-refractivity contribution in [2.45, 2.75) is 59.8 Å². The molecule has 0 aliphatic rings. The third-order valence-electron chi connectivity index (χ3n) is 3.69. The lowest BCUT2D eigenvalue weighted by molar-refractivity contribution is 0.278. The third kappa shape index (κ3) is 3.96. The largest absolute Gasteiger partial charge is 0.246 e. The smallest absolute Gasteiger partial charge is 0.0936 e. The van der Waals surface area contributed by atoms with E-state index in [1.165, 1.54) is 34.8 Å². The minimum absolute atomic E-state index is 0.258. The molecule has 0 amide bonds. The summed E-state index contributed by atoms with van der Waals surface area (Å²) < 4.78 is 0. The van der Waals surface area contributed by atoms with Crippen LogP contribution in [0.4, 0.5) is 0 Å². The molecule has 3 heteroatoms. The van der Waals surface area contributed by atoms with Crippen LogP contribution in [0.25, 0.3) is 0 Å². The zero-order valence-electron chi connectivity index (χ0n) is 11.5. The van der Waals surface area contributed by atoms with Crippen LogP contribution in [-0.4, -0.2) is 10.9 Å². The average Bonchev–Trinajstić information content (AvgIpc) is 2.64. The molecule has 1 unspecified atom stereocenters. The predicted molar refractivity (Wildman–Crippen MR) is 78.3 cm³/mol. The molecular weight excluding hydrogens is 250 g/mol. The van der Waals surface area contributed by atoms with E-state index in [-0.39, 0.29) is 5.41 Å². The molecule has 0 spiro atoms. The van der Waals surface area contributed by atoms with Crippen LogP contribution in [-0.2, 0) is 6.42 Å². The highest BCUT2D eigenvalue weighted by molar-refractivity contribution is 7.11. The first-order chi connectivity index (χ1) is 8.06. The number of nitrogens with zero attached hydrogens (tertiary/aromatic N) is 1. The topological polar surface area (TPSA) is 12.9 Å². The van der Waals surface area contributed by atoms with Crippen molar-refractivity contribution in [3.05, 3.63) is 15.6 Å². The van der Waals surface area contributed by atoms with E-state index in [9.17, 15) is 0 Å². The van der Waals surface area contributed by atoms with Crippen molar-refractivity contribution in [2.24, 2.45) is 5.41 Å². The molecular formula is C14H24ClNS. The second-order valence-corrected chi connectivity index (χ2v) is 6.57. The van der Waals surface area contributed by atoms with E-state index in [1.807, 2.05) is 11.3 Å². The SMILES string of the molecule is CCCCC(CC)(CCl)Cc1nc(C)c(C)s1. The number of alkyl halides is 1. The first kappa shape index (κ1) is 15.0. The van der Waals surface area contributed by atoms with Gasteiger partial charge < -0.3 is 0 Å². The number of thiazole rings is 1. The van der Waals surface area contributed by atoms with Crippen LogP contribution in [0.3, 0.4) is 0 Å². The van der Waals surface area contributed by atoms with Gasteiger partial charge in [-0.2, -0.15) is 0 Å². The van der Waals surface area contributed by atoms with E-state index in [4.69, 9.17) is 11.6 Å². The van der Waals surface area contributed by atoms with Crippen LogP contribution in [0.2, 0.25) is 0 Å². The lowest BCUT2D eigenvalue weighted by Crippen LogP contribution is -2.25. The molecule has 17 heavy (non-hydrogen) atoms. The summed E-state index contributed by atoms with van der Waals surface area (Å²) in [5, 5.41) is 1.26. The molecule has 0 fully saturated rings. The van der Waals surface area contributed by atoms with Gasteiger partial charge >= 0.3 is 0 Å². The van der Waals surface area contributed by atoms with Crippen LogP contribution in [0.5, 0.6) is 0 Å². The highest BCUT2D eigenvalue weighted by Gasteiger charge is 2.28. The first-order valence-corrected chi connectivity index (χ1v) is 7.91. The molecule has 0 aromatic carbocycles. The number of aromatic nitrogens is 1. The Bertz CT molecular complexity index is 322. The van der Waals surface area contributed by atoms with Gasteiger partial charge in [-0.15, -0.1) is 22.9 Å². The van der Waals surface area contributed by atoms with Crippen molar-refractivity contribution in [2.75, 3.05) is 5.88 Å². The van der Waals surface area contributed by atoms with Gasteiger partial charge in [0, 0.05) is 17.2 Å². The Morgan fingerprint density at radius 2 is 2.00 bits per heavy atom. The number of aryl methyl sites for hydroxylation is 2. The summed E-state index contributed by atoms with van der Waals surface area (Å²) in [7, 11) is 0.